The van der Waals surface area contributed by atoms with E-state index in [2.05, 4.69) is 17.1 Å². The molecule has 0 aromatic rings. The van der Waals surface area contributed by atoms with Gasteiger partial charge in [-0.1, -0.05) is 6.92 Å². The Morgan fingerprint density at radius 3 is 2.62 bits per heavy atom. The third kappa shape index (κ3) is 2.24. The molecule has 2 saturated heterocycles. The average molecular weight is 224 g/mol. The van der Waals surface area contributed by atoms with E-state index in [1.54, 1.807) is 0 Å². The first-order chi connectivity index (χ1) is 7.78. The maximum Gasteiger partial charge on any atom is 0.228 e. The monoisotopic (exact) mass is 224 g/mol. The number of rotatable bonds is 2. The van der Waals surface area contributed by atoms with Crippen LogP contribution in [-0.4, -0.2) is 37.0 Å². The van der Waals surface area contributed by atoms with E-state index in [1.807, 2.05) is 0 Å². The Labute approximate surface area is 98.6 Å². The van der Waals surface area contributed by atoms with E-state index in [9.17, 15) is 4.79 Å². The van der Waals surface area contributed by atoms with Crippen LogP contribution in [0.5, 0.6) is 0 Å². The average Bonchev–Trinajstić information content (AvgIpc) is 2.73. The molecule has 0 spiro atoms. The van der Waals surface area contributed by atoms with Gasteiger partial charge in [0.2, 0.25) is 5.91 Å². The van der Waals surface area contributed by atoms with Crippen molar-refractivity contribution >= 4 is 5.91 Å². The van der Waals surface area contributed by atoms with Gasteiger partial charge in [0.05, 0.1) is 5.41 Å². The van der Waals surface area contributed by atoms with Crippen LogP contribution in [0.25, 0.3) is 0 Å². The lowest BCUT2D eigenvalue weighted by Crippen LogP contribution is -2.42. The van der Waals surface area contributed by atoms with Gasteiger partial charge in [0.1, 0.15) is 0 Å². The van der Waals surface area contributed by atoms with Crippen LogP contribution in [-0.2, 0) is 4.79 Å². The number of nitrogens with zero attached hydrogens (tertiary/aromatic N) is 1. The molecular weight excluding hydrogens is 200 g/mol. The normalized spacial score (nSPS) is 31.4. The maximum absolute atomic E-state index is 12.6. The predicted octanol–water partition coefficient (Wildman–Crippen LogP) is 1.78. The Hall–Kier alpha value is -0.570. The molecule has 0 radical (unpaired) electrons. The van der Waals surface area contributed by atoms with Gasteiger partial charge in [-0.05, 0) is 51.6 Å². The summed E-state index contributed by atoms with van der Waals surface area (Å²) in [5.41, 5.74) is -0.0478. The number of carbonyl (C=O) groups is 1. The summed E-state index contributed by atoms with van der Waals surface area (Å²) in [5, 5.41) is 3.41. The summed E-state index contributed by atoms with van der Waals surface area (Å²) >= 11 is 0. The highest BCUT2D eigenvalue weighted by molar-refractivity contribution is 5.83. The molecule has 1 unspecified atom stereocenters. The largest absolute Gasteiger partial charge is 0.342 e. The molecule has 2 fully saturated rings. The van der Waals surface area contributed by atoms with Crippen LogP contribution in [0.3, 0.4) is 0 Å². The Morgan fingerprint density at radius 2 is 1.94 bits per heavy atom. The fourth-order valence-corrected chi connectivity index (χ4v) is 3.10. The standard InChI is InChI=1S/C13H24N2O/c1-2-13(6-5-8-14-9-7-13)12(16)15-10-3-4-11-15/h14H,2-11H2,1H3. The molecule has 3 heteroatoms. The van der Waals surface area contributed by atoms with Crippen LogP contribution >= 0.6 is 0 Å². The lowest BCUT2D eigenvalue weighted by Gasteiger charge is -2.34. The molecule has 0 saturated carbocycles. The van der Waals surface area contributed by atoms with Crippen LogP contribution in [0, 0.1) is 5.41 Å². The fraction of sp³-hybridized carbons (Fsp3) is 0.923. The number of hydrogen-bond donors (Lipinski definition) is 1. The molecule has 1 N–H and O–H groups in total. The predicted molar refractivity (Wildman–Crippen MR) is 65.3 cm³/mol. The van der Waals surface area contributed by atoms with Crippen molar-refractivity contribution in [1.29, 1.82) is 0 Å². The minimum Gasteiger partial charge on any atom is -0.342 e. The molecule has 1 amide bonds. The quantitative estimate of drug-likeness (QED) is 0.775. The second-order valence-corrected chi connectivity index (χ2v) is 5.24. The van der Waals surface area contributed by atoms with E-state index >= 15 is 0 Å². The topological polar surface area (TPSA) is 32.3 Å². The van der Waals surface area contributed by atoms with E-state index in [4.69, 9.17) is 0 Å². The van der Waals surface area contributed by atoms with Gasteiger partial charge in [-0.2, -0.15) is 0 Å². The van der Waals surface area contributed by atoms with Crippen molar-refractivity contribution in [2.75, 3.05) is 26.2 Å². The molecule has 1 atom stereocenters. The van der Waals surface area contributed by atoms with Gasteiger partial charge < -0.3 is 10.2 Å². The molecule has 2 rings (SSSR count). The first-order valence-corrected chi connectivity index (χ1v) is 6.79. The summed E-state index contributed by atoms with van der Waals surface area (Å²) < 4.78 is 0. The maximum atomic E-state index is 12.6. The number of amides is 1. The number of carbonyl (C=O) groups excluding carboxylic acids is 1. The zero-order chi connectivity index (χ0) is 11.4. The summed E-state index contributed by atoms with van der Waals surface area (Å²) in [6, 6.07) is 0. The Kier molecular flexibility index (Phi) is 3.85. The van der Waals surface area contributed by atoms with E-state index in [0.29, 0.717) is 5.91 Å². The highest BCUT2D eigenvalue weighted by Crippen LogP contribution is 2.36. The van der Waals surface area contributed by atoms with E-state index in [0.717, 1.165) is 51.9 Å². The van der Waals surface area contributed by atoms with Gasteiger partial charge in [0, 0.05) is 13.1 Å². The minimum atomic E-state index is -0.0478. The van der Waals surface area contributed by atoms with E-state index < -0.39 is 0 Å². The number of likely N-dealkylation sites (tertiary alicyclic amines) is 1. The first kappa shape index (κ1) is 11.9. The zero-order valence-electron chi connectivity index (χ0n) is 10.4. The lowest BCUT2D eigenvalue weighted by molar-refractivity contribution is -0.142. The zero-order valence-corrected chi connectivity index (χ0v) is 10.4. The van der Waals surface area contributed by atoms with Gasteiger partial charge in [-0.25, -0.2) is 0 Å². The molecule has 0 aliphatic carbocycles. The smallest absolute Gasteiger partial charge is 0.228 e. The Bertz CT molecular complexity index is 238. The molecular formula is C13H24N2O. The number of nitrogens with one attached hydrogen (secondary N) is 1. The summed E-state index contributed by atoms with van der Waals surface area (Å²) in [5.74, 6) is 0.441. The van der Waals surface area contributed by atoms with Crippen LogP contribution in [0.15, 0.2) is 0 Å². The molecule has 92 valence electrons. The van der Waals surface area contributed by atoms with Crippen LogP contribution in [0.1, 0.15) is 45.4 Å². The van der Waals surface area contributed by atoms with E-state index in [1.165, 1.54) is 12.8 Å². The van der Waals surface area contributed by atoms with Crippen molar-refractivity contribution in [3.63, 3.8) is 0 Å². The van der Waals surface area contributed by atoms with Crippen molar-refractivity contribution in [3.8, 4) is 0 Å². The molecule has 16 heavy (non-hydrogen) atoms. The molecule has 0 aromatic carbocycles. The third-order valence-electron chi connectivity index (χ3n) is 4.31. The summed E-state index contributed by atoms with van der Waals surface area (Å²) in [7, 11) is 0. The van der Waals surface area contributed by atoms with Gasteiger partial charge in [0.15, 0.2) is 0 Å². The van der Waals surface area contributed by atoms with Crippen molar-refractivity contribution in [1.82, 2.24) is 10.2 Å². The van der Waals surface area contributed by atoms with Crippen molar-refractivity contribution in [2.45, 2.75) is 45.4 Å². The van der Waals surface area contributed by atoms with Crippen molar-refractivity contribution in [2.24, 2.45) is 5.41 Å². The minimum absolute atomic E-state index is 0.0478. The Morgan fingerprint density at radius 1 is 1.19 bits per heavy atom. The lowest BCUT2D eigenvalue weighted by atomic mass is 9.77. The summed E-state index contributed by atoms with van der Waals surface area (Å²) in [6.07, 6.45) is 6.65. The van der Waals surface area contributed by atoms with Gasteiger partial charge in [0.25, 0.3) is 0 Å². The van der Waals surface area contributed by atoms with E-state index in [-0.39, 0.29) is 5.41 Å². The summed E-state index contributed by atoms with van der Waals surface area (Å²) in [4.78, 5) is 14.7. The van der Waals surface area contributed by atoms with Gasteiger partial charge in [-0.15, -0.1) is 0 Å². The second-order valence-electron chi connectivity index (χ2n) is 5.24. The van der Waals surface area contributed by atoms with Crippen LogP contribution in [0.4, 0.5) is 0 Å². The summed E-state index contributed by atoms with van der Waals surface area (Å²) in [6.45, 7) is 6.25. The molecule has 0 bridgehead atoms. The van der Waals surface area contributed by atoms with Gasteiger partial charge in [-0.3, -0.25) is 4.79 Å². The molecule has 3 nitrogen and oxygen atoms in total. The Balaban J connectivity index is 2.08. The molecule has 2 aliphatic rings. The third-order valence-corrected chi connectivity index (χ3v) is 4.31. The molecule has 2 heterocycles. The SMILES string of the molecule is CCC1(C(=O)N2CCCC2)CCCNCC1. The molecule has 2 aliphatic heterocycles. The van der Waals surface area contributed by atoms with Crippen LogP contribution in [0.2, 0.25) is 0 Å². The van der Waals surface area contributed by atoms with Crippen molar-refractivity contribution < 1.29 is 4.79 Å². The fourth-order valence-electron chi connectivity index (χ4n) is 3.10. The highest BCUT2D eigenvalue weighted by Gasteiger charge is 2.40. The molecule has 0 aromatic heterocycles. The first-order valence-electron chi connectivity index (χ1n) is 6.79. The number of hydrogen-bond acceptors (Lipinski definition) is 2. The van der Waals surface area contributed by atoms with Crippen molar-refractivity contribution in [3.05, 3.63) is 0 Å². The second kappa shape index (κ2) is 5.17. The highest BCUT2D eigenvalue weighted by atomic mass is 16.2. The van der Waals surface area contributed by atoms with Crippen LogP contribution < -0.4 is 5.32 Å². The van der Waals surface area contributed by atoms with Gasteiger partial charge >= 0.3 is 0 Å².